The third-order valence-electron chi connectivity index (χ3n) is 3.13. The van der Waals surface area contributed by atoms with Crippen molar-refractivity contribution >= 4 is 23.3 Å². The zero-order chi connectivity index (χ0) is 14.1. The van der Waals surface area contributed by atoms with Crippen LogP contribution < -0.4 is 0 Å². The lowest BCUT2D eigenvalue weighted by Gasteiger charge is -2.09. The molecule has 4 nitrogen and oxygen atoms in total. The monoisotopic (exact) mass is 282 g/mol. The Hall–Kier alpha value is -2.14. The molecule has 3 rings (SSSR count). The second kappa shape index (κ2) is 5.09. The number of nitrogens with one attached hydrogen (secondary N) is 1. The summed E-state index contributed by atoms with van der Waals surface area (Å²) in [5, 5.41) is 0. The first-order chi connectivity index (χ1) is 9.63. The zero-order valence-electron chi connectivity index (χ0n) is 11.3. The van der Waals surface area contributed by atoms with Crippen LogP contribution in [0.1, 0.15) is 25.5 Å². The molecule has 0 unspecified atom stereocenters. The van der Waals surface area contributed by atoms with E-state index < -0.39 is 0 Å². The maximum atomic E-state index is 5.24. The Morgan fingerprint density at radius 2 is 1.80 bits per heavy atom. The van der Waals surface area contributed by atoms with Gasteiger partial charge in [-0.3, -0.25) is 9.97 Å². The van der Waals surface area contributed by atoms with E-state index in [0.29, 0.717) is 10.6 Å². The molecule has 0 spiro atoms. The molecule has 2 heterocycles. The molecule has 0 fully saturated rings. The summed E-state index contributed by atoms with van der Waals surface area (Å²) in [6.07, 6.45) is 3.37. The summed E-state index contributed by atoms with van der Waals surface area (Å²) in [7, 11) is 0. The van der Waals surface area contributed by atoms with Crippen molar-refractivity contribution in [1.82, 2.24) is 19.9 Å². The van der Waals surface area contributed by atoms with Crippen LogP contribution >= 0.6 is 12.2 Å². The van der Waals surface area contributed by atoms with Gasteiger partial charge in [-0.25, -0.2) is 4.98 Å². The highest BCUT2D eigenvalue weighted by Gasteiger charge is 2.06. The normalized spacial score (nSPS) is 11.2. The van der Waals surface area contributed by atoms with Crippen molar-refractivity contribution in [2.45, 2.75) is 19.8 Å². The number of fused-ring (bicyclic) bond motifs is 1. The summed E-state index contributed by atoms with van der Waals surface area (Å²) in [6.45, 7) is 4.24. The molecule has 20 heavy (non-hydrogen) atoms. The van der Waals surface area contributed by atoms with Gasteiger partial charge < -0.3 is 4.98 Å². The SMILES string of the molecule is CC(C)c1cc(=S)nc(-c2ccc3nccnc3c2)[nH]1. The van der Waals surface area contributed by atoms with E-state index in [0.717, 1.165) is 28.1 Å². The summed E-state index contributed by atoms with van der Waals surface area (Å²) in [5.74, 6) is 1.15. The molecule has 1 aromatic carbocycles. The first kappa shape index (κ1) is 12.9. The van der Waals surface area contributed by atoms with E-state index >= 15 is 0 Å². The summed E-state index contributed by atoms with van der Waals surface area (Å²) in [6, 6.07) is 7.80. The maximum absolute atomic E-state index is 5.24. The number of aromatic nitrogens is 4. The van der Waals surface area contributed by atoms with Crippen LogP contribution in [0.5, 0.6) is 0 Å². The number of hydrogen-bond acceptors (Lipinski definition) is 4. The van der Waals surface area contributed by atoms with Crippen LogP contribution in [-0.2, 0) is 0 Å². The van der Waals surface area contributed by atoms with Gasteiger partial charge in [-0.2, -0.15) is 0 Å². The second-order valence-corrected chi connectivity index (χ2v) is 5.36. The molecular formula is C15H14N4S. The first-order valence-electron chi connectivity index (χ1n) is 6.46. The van der Waals surface area contributed by atoms with Gasteiger partial charge in [0.05, 0.1) is 11.0 Å². The highest BCUT2D eigenvalue weighted by molar-refractivity contribution is 7.71. The highest BCUT2D eigenvalue weighted by Crippen LogP contribution is 2.21. The number of hydrogen-bond donors (Lipinski definition) is 1. The fourth-order valence-corrected chi connectivity index (χ4v) is 2.25. The number of aromatic amines is 1. The Kier molecular flexibility index (Phi) is 3.28. The molecule has 0 aliphatic carbocycles. The lowest BCUT2D eigenvalue weighted by Crippen LogP contribution is -1.98. The molecule has 0 aliphatic rings. The van der Waals surface area contributed by atoms with Crippen molar-refractivity contribution in [3.63, 3.8) is 0 Å². The van der Waals surface area contributed by atoms with Gasteiger partial charge in [-0.05, 0) is 30.2 Å². The van der Waals surface area contributed by atoms with E-state index in [9.17, 15) is 0 Å². The van der Waals surface area contributed by atoms with E-state index in [4.69, 9.17) is 12.2 Å². The van der Waals surface area contributed by atoms with Gasteiger partial charge in [-0.1, -0.05) is 26.1 Å². The van der Waals surface area contributed by atoms with E-state index in [1.165, 1.54) is 0 Å². The standard InChI is InChI=1S/C15H14N4S/c1-9(2)12-8-14(20)19-15(18-12)10-3-4-11-13(7-10)17-6-5-16-11/h3-9H,1-2H3,(H,18,19,20). The minimum absolute atomic E-state index is 0.374. The van der Waals surface area contributed by atoms with Crippen LogP contribution in [0.3, 0.4) is 0 Å². The van der Waals surface area contributed by atoms with Crippen molar-refractivity contribution in [2.75, 3.05) is 0 Å². The fraction of sp³-hybridized carbons (Fsp3) is 0.200. The summed E-state index contributed by atoms with van der Waals surface area (Å²) in [5.41, 5.74) is 3.77. The molecule has 5 heteroatoms. The predicted molar refractivity (Wildman–Crippen MR) is 82.0 cm³/mol. The molecule has 0 saturated heterocycles. The average Bonchev–Trinajstić information content (AvgIpc) is 2.46. The molecule has 0 aliphatic heterocycles. The van der Waals surface area contributed by atoms with E-state index in [1.54, 1.807) is 12.4 Å². The van der Waals surface area contributed by atoms with Crippen LogP contribution in [0, 0.1) is 4.64 Å². The minimum Gasteiger partial charge on any atom is -0.343 e. The Morgan fingerprint density at radius 1 is 1.05 bits per heavy atom. The Bertz CT molecular complexity index is 823. The number of benzene rings is 1. The van der Waals surface area contributed by atoms with Gasteiger partial charge in [0.1, 0.15) is 10.5 Å². The molecule has 1 N–H and O–H groups in total. The zero-order valence-corrected chi connectivity index (χ0v) is 12.1. The summed E-state index contributed by atoms with van der Waals surface area (Å²) < 4.78 is 0.599. The van der Waals surface area contributed by atoms with E-state index in [-0.39, 0.29) is 0 Å². The smallest absolute Gasteiger partial charge is 0.139 e. The Balaban J connectivity index is 2.17. The fourth-order valence-electron chi connectivity index (χ4n) is 2.03. The summed E-state index contributed by atoms with van der Waals surface area (Å²) in [4.78, 5) is 16.3. The predicted octanol–water partition coefficient (Wildman–Crippen LogP) is 3.87. The van der Waals surface area contributed by atoms with Crippen molar-refractivity contribution in [3.8, 4) is 11.4 Å². The average molecular weight is 282 g/mol. The van der Waals surface area contributed by atoms with Crippen LogP contribution in [0.15, 0.2) is 36.7 Å². The number of H-pyrrole nitrogens is 1. The van der Waals surface area contributed by atoms with E-state index in [1.807, 2.05) is 24.3 Å². The van der Waals surface area contributed by atoms with Gasteiger partial charge in [0, 0.05) is 23.7 Å². The van der Waals surface area contributed by atoms with Crippen molar-refractivity contribution < 1.29 is 0 Å². The Labute approximate surface area is 122 Å². The lowest BCUT2D eigenvalue weighted by atomic mass is 10.1. The number of rotatable bonds is 2. The van der Waals surface area contributed by atoms with Crippen LogP contribution in [0.25, 0.3) is 22.4 Å². The van der Waals surface area contributed by atoms with Gasteiger partial charge >= 0.3 is 0 Å². The van der Waals surface area contributed by atoms with Crippen molar-refractivity contribution in [2.24, 2.45) is 0 Å². The van der Waals surface area contributed by atoms with Gasteiger partial charge in [0.25, 0.3) is 0 Å². The molecule has 0 saturated carbocycles. The number of nitrogens with zero attached hydrogens (tertiary/aromatic N) is 3. The first-order valence-corrected chi connectivity index (χ1v) is 6.87. The molecule has 0 atom stereocenters. The lowest BCUT2D eigenvalue weighted by molar-refractivity contribution is 0.815. The van der Waals surface area contributed by atoms with Crippen LogP contribution in [-0.4, -0.2) is 19.9 Å². The summed E-state index contributed by atoms with van der Waals surface area (Å²) >= 11 is 5.24. The highest BCUT2D eigenvalue weighted by atomic mass is 32.1. The van der Waals surface area contributed by atoms with Crippen molar-refractivity contribution in [1.29, 1.82) is 0 Å². The molecular weight excluding hydrogens is 268 g/mol. The van der Waals surface area contributed by atoms with Crippen LogP contribution in [0.2, 0.25) is 0 Å². The van der Waals surface area contributed by atoms with Gasteiger partial charge in [0.15, 0.2) is 0 Å². The molecule has 0 amide bonds. The third-order valence-corrected chi connectivity index (χ3v) is 3.34. The third kappa shape index (κ3) is 2.44. The van der Waals surface area contributed by atoms with E-state index in [2.05, 4.69) is 33.8 Å². The topological polar surface area (TPSA) is 54.5 Å². The van der Waals surface area contributed by atoms with Gasteiger partial charge in [0.2, 0.25) is 0 Å². The quantitative estimate of drug-likeness (QED) is 0.725. The second-order valence-electron chi connectivity index (χ2n) is 4.94. The molecule has 3 aromatic rings. The minimum atomic E-state index is 0.374. The van der Waals surface area contributed by atoms with Gasteiger partial charge in [-0.15, -0.1) is 0 Å². The molecule has 2 aromatic heterocycles. The van der Waals surface area contributed by atoms with Crippen molar-refractivity contribution in [3.05, 3.63) is 47.0 Å². The largest absolute Gasteiger partial charge is 0.343 e. The molecule has 0 bridgehead atoms. The maximum Gasteiger partial charge on any atom is 0.139 e. The Morgan fingerprint density at radius 3 is 2.55 bits per heavy atom. The van der Waals surface area contributed by atoms with Crippen LogP contribution in [0.4, 0.5) is 0 Å². The molecule has 0 radical (unpaired) electrons. The molecule has 100 valence electrons.